The monoisotopic (exact) mass is 366 g/mol. The van der Waals surface area contributed by atoms with E-state index in [0.717, 1.165) is 5.56 Å². The molecule has 0 saturated heterocycles. The molecule has 0 aromatic heterocycles. The van der Waals surface area contributed by atoms with E-state index in [-0.39, 0.29) is 6.61 Å². The number of carbonyl (C=O) groups excluding carboxylic acids is 2. The molecule has 0 aliphatic heterocycles. The van der Waals surface area contributed by atoms with Crippen molar-refractivity contribution in [3.63, 3.8) is 0 Å². The number of anilines is 1. The third-order valence-corrected chi connectivity index (χ3v) is 3.02. The number of aliphatic hydroxyl groups is 1. The fourth-order valence-electron chi connectivity index (χ4n) is 2.07. The SMILES string of the molecule is CC(C)(C)OC(=O)Nc1ccc(C[C@@H](CO)NC(=O)OC(C)(C)C)cc1. The van der Waals surface area contributed by atoms with Crippen molar-refractivity contribution in [1.82, 2.24) is 5.32 Å². The third kappa shape index (κ3) is 9.27. The normalized spacial score (nSPS) is 12.9. The van der Waals surface area contributed by atoms with Gasteiger partial charge in [0.15, 0.2) is 0 Å². The van der Waals surface area contributed by atoms with Crippen molar-refractivity contribution in [3.8, 4) is 0 Å². The van der Waals surface area contributed by atoms with Crippen LogP contribution < -0.4 is 10.6 Å². The number of ether oxygens (including phenoxy) is 2. The Balaban J connectivity index is 2.59. The van der Waals surface area contributed by atoms with Gasteiger partial charge in [0.2, 0.25) is 0 Å². The summed E-state index contributed by atoms with van der Waals surface area (Å²) < 4.78 is 10.4. The highest BCUT2D eigenvalue weighted by Gasteiger charge is 2.19. The Labute approximate surface area is 155 Å². The van der Waals surface area contributed by atoms with E-state index in [1.54, 1.807) is 53.7 Å². The highest BCUT2D eigenvalue weighted by Crippen LogP contribution is 2.14. The van der Waals surface area contributed by atoms with Crippen molar-refractivity contribution < 1.29 is 24.2 Å². The molecule has 0 aliphatic rings. The van der Waals surface area contributed by atoms with Gasteiger partial charge in [-0.2, -0.15) is 0 Å². The number of carbonyl (C=O) groups is 2. The number of alkyl carbamates (subject to hydrolysis) is 1. The molecule has 0 bridgehead atoms. The minimum Gasteiger partial charge on any atom is -0.444 e. The number of hydrogen-bond donors (Lipinski definition) is 3. The minimum atomic E-state index is -0.598. The number of aliphatic hydroxyl groups excluding tert-OH is 1. The molecule has 1 atom stereocenters. The highest BCUT2D eigenvalue weighted by molar-refractivity contribution is 5.84. The molecule has 1 aromatic carbocycles. The van der Waals surface area contributed by atoms with Crippen molar-refractivity contribution >= 4 is 17.9 Å². The fourth-order valence-corrected chi connectivity index (χ4v) is 2.07. The Kier molecular flexibility index (Phi) is 7.44. The van der Waals surface area contributed by atoms with Gasteiger partial charge in [-0.1, -0.05) is 12.1 Å². The average Bonchev–Trinajstić information content (AvgIpc) is 2.44. The van der Waals surface area contributed by atoms with Crippen molar-refractivity contribution in [2.24, 2.45) is 0 Å². The van der Waals surface area contributed by atoms with Crippen LogP contribution in [0.15, 0.2) is 24.3 Å². The molecule has 0 unspecified atom stereocenters. The van der Waals surface area contributed by atoms with Crippen LogP contribution in [0.1, 0.15) is 47.1 Å². The van der Waals surface area contributed by atoms with E-state index >= 15 is 0 Å². The molecule has 2 amide bonds. The van der Waals surface area contributed by atoms with E-state index in [4.69, 9.17) is 9.47 Å². The van der Waals surface area contributed by atoms with Crippen LogP contribution in [-0.4, -0.2) is 41.1 Å². The van der Waals surface area contributed by atoms with Gasteiger partial charge in [-0.05, 0) is 65.7 Å². The molecule has 0 fully saturated rings. The number of benzene rings is 1. The van der Waals surface area contributed by atoms with E-state index < -0.39 is 29.4 Å². The van der Waals surface area contributed by atoms with Crippen molar-refractivity contribution in [2.75, 3.05) is 11.9 Å². The van der Waals surface area contributed by atoms with E-state index in [1.807, 2.05) is 12.1 Å². The van der Waals surface area contributed by atoms with Crippen LogP contribution in [0.5, 0.6) is 0 Å². The van der Waals surface area contributed by atoms with Gasteiger partial charge in [0, 0.05) is 5.69 Å². The van der Waals surface area contributed by atoms with Gasteiger partial charge in [-0.3, -0.25) is 5.32 Å². The Morgan fingerprint density at radius 3 is 1.92 bits per heavy atom. The number of nitrogens with one attached hydrogen (secondary N) is 2. The molecule has 0 spiro atoms. The van der Waals surface area contributed by atoms with Crippen LogP contribution in [0.3, 0.4) is 0 Å². The zero-order valence-corrected chi connectivity index (χ0v) is 16.4. The number of rotatable bonds is 5. The van der Waals surface area contributed by atoms with Crippen LogP contribution in [-0.2, 0) is 15.9 Å². The lowest BCUT2D eigenvalue weighted by Crippen LogP contribution is -2.42. The summed E-state index contributed by atoms with van der Waals surface area (Å²) in [6.07, 6.45) is -0.660. The van der Waals surface area contributed by atoms with Gasteiger partial charge in [-0.25, -0.2) is 9.59 Å². The second-order valence-electron chi connectivity index (χ2n) is 8.05. The van der Waals surface area contributed by atoms with E-state index in [9.17, 15) is 14.7 Å². The molecule has 1 rings (SSSR count). The maximum Gasteiger partial charge on any atom is 0.412 e. The molecule has 7 heteroatoms. The Morgan fingerprint density at radius 2 is 1.46 bits per heavy atom. The number of hydrogen-bond acceptors (Lipinski definition) is 5. The summed E-state index contributed by atoms with van der Waals surface area (Å²) in [6.45, 7) is 10.5. The summed E-state index contributed by atoms with van der Waals surface area (Å²) in [6, 6.07) is 6.63. The van der Waals surface area contributed by atoms with E-state index in [2.05, 4.69) is 10.6 Å². The van der Waals surface area contributed by atoms with Gasteiger partial charge in [0.25, 0.3) is 0 Å². The number of amides is 2. The van der Waals surface area contributed by atoms with Gasteiger partial charge >= 0.3 is 12.2 Å². The standard InChI is InChI=1S/C19H30N2O5/c1-18(2,3)25-16(23)20-14-9-7-13(8-10-14)11-15(12-22)21-17(24)26-19(4,5)6/h7-10,15,22H,11-12H2,1-6H3,(H,20,23)(H,21,24)/t15-/m0/s1. The van der Waals surface area contributed by atoms with Gasteiger partial charge < -0.3 is 19.9 Å². The zero-order valence-electron chi connectivity index (χ0n) is 16.4. The molecule has 3 N–H and O–H groups in total. The first-order chi connectivity index (χ1) is 11.9. The summed E-state index contributed by atoms with van der Waals surface area (Å²) >= 11 is 0. The predicted octanol–water partition coefficient (Wildman–Crippen LogP) is 3.46. The van der Waals surface area contributed by atoms with E-state index in [1.165, 1.54) is 0 Å². The molecule has 146 valence electrons. The predicted molar refractivity (Wildman–Crippen MR) is 100 cm³/mol. The fraction of sp³-hybridized carbons (Fsp3) is 0.579. The highest BCUT2D eigenvalue weighted by atomic mass is 16.6. The molecule has 0 radical (unpaired) electrons. The molecular formula is C19H30N2O5. The lowest BCUT2D eigenvalue weighted by Gasteiger charge is -2.23. The van der Waals surface area contributed by atoms with Crippen LogP contribution >= 0.6 is 0 Å². The summed E-state index contributed by atoms with van der Waals surface area (Å²) in [4.78, 5) is 23.5. The van der Waals surface area contributed by atoms with Crippen molar-refractivity contribution in [3.05, 3.63) is 29.8 Å². The first kappa shape index (κ1) is 21.8. The van der Waals surface area contributed by atoms with Crippen molar-refractivity contribution in [2.45, 2.75) is 65.2 Å². The second-order valence-corrected chi connectivity index (χ2v) is 8.05. The Bertz CT molecular complexity index is 600. The Hall–Kier alpha value is -2.28. The largest absolute Gasteiger partial charge is 0.444 e. The topological polar surface area (TPSA) is 96.9 Å². The van der Waals surface area contributed by atoms with E-state index in [0.29, 0.717) is 12.1 Å². The summed E-state index contributed by atoms with van der Waals surface area (Å²) in [5.41, 5.74) is 0.337. The zero-order chi connectivity index (χ0) is 20.0. The molecular weight excluding hydrogens is 336 g/mol. The first-order valence-electron chi connectivity index (χ1n) is 8.57. The third-order valence-electron chi connectivity index (χ3n) is 3.02. The maximum absolute atomic E-state index is 11.8. The van der Waals surface area contributed by atoms with Gasteiger partial charge in [0.05, 0.1) is 12.6 Å². The molecule has 0 saturated carbocycles. The first-order valence-corrected chi connectivity index (χ1v) is 8.57. The lowest BCUT2D eigenvalue weighted by atomic mass is 10.1. The van der Waals surface area contributed by atoms with Crippen LogP contribution in [0.2, 0.25) is 0 Å². The smallest absolute Gasteiger partial charge is 0.412 e. The minimum absolute atomic E-state index is 0.211. The maximum atomic E-state index is 11.8. The second kappa shape index (κ2) is 8.89. The Morgan fingerprint density at radius 1 is 0.962 bits per heavy atom. The average molecular weight is 366 g/mol. The summed E-state index contributed by atoms with van der Waals surface area (Å²) in [5, 5.41) is 14.8. The molecule has 26 heavy (non-hydrogen) atoms. The van der Waals surface area contributed by atoms with Gasteiger partial charge in [0.1, 0.15) is 11.2 Å². The molecule has 1 aromatic rings. The van der Waals surface area contributed by atoms with Crippen LogP contribution in [0.25, 0.3) is 0 Å². The quantitative estimate of drug-likeness (QED) is 0.741. The molecule has 0 aliphatic carbocycles. The molecule has 7 nitrogen and oxygen atoms in total. The lowest BCUT2D eigenvalue weighted by molar-refractivity contribution is 0.0482. The summed E-state index contributed by atoms with van der Waals surface area (Å²) in [5.74, 6) is 0. The van der Waals surface area contributed by atoms with Crippen LogP contribution in [0, 0.1) is 0 Å². The van der Waals surface area contributed by atoms with Gasteiger partial charge in [-0.15, -0.1) is 0 Å². The molecule has 0 heterocycles. The van der Waals surface area contributed by atoms with Crippen LogP contribution in [0.4, 0.5) is 15.3 Å². The van der Waals surface area contributed by atoms with Crippen molar-refractivity contribution in [1.29, 1.82) is 0 Å². The summed E-state index contributed by atoms with van der Waals surface area (Å²) in [7, 11) is 0.